The van der Waals surface area contributed by atoms with Gasteiger partial charge in [0.25, 0.3) is 0 Å². The van der Waals surface area contributed by atoms with E-state index in [-0.39, 0.29) is 0 Å². The molecule has 0 radical (unpaired) electrons. The number of hydrogen-bond acceptors (Lipinski definition) is 3. The average Bonchev–Trinajstić information content (AvgIpc) is 2.87. The lowest BCUT2D eigenvalue weighted by molar-refractivity contribution is 0.197. The van der Waals surface area contributed by atoms with Crippen molar-refractivity contribution in [1.29, 1.82) is 0 Å². The molecule has 1 aromatic rings. The van der Waals surface area contributed by atoms with E-state index < -0.39 is 0 Å². The molecule has 0 aliphatic carbocycles. The van der Waals surface area contributed by atoms with Gasteiger partial charge in [-0.25, -0.2) is 0 Å². The molecule has 0 aromatic heterocycles. The minimum atomic E-state index is 0.424. The zero-order valence-corrected chi connectivity index (χ0v) is 11.4. The maximum absolute atomic E-state index is 9.95. The van der Waals surface area contributed by atoms with Crippen LogP contribution in [0.5, 0.6) is 5.75 Å². The Bertz CT molecular complexity index is 386. The summed E-state index contributed by atoms with van der Waals surface area (Å²) in [5.41, 5.74) is 2.26. The van der Waals surface area contributed by atoms with Gasteiger partial charge in [-0.2, -0.15) is 0 Å². The van der Waals surface area contributed by atoms with E-state index in [4.69, 9.17) is 0 Å². The van der Waals surface area contributed by atoms with Crippen LogP contribution in [0.1, 0.15) is 30.9 Å². The fraction of sp³-hybridized carbons (Fsp3) is 0.600. The smallest absolute Gasteiger partial charge is 0.120 e. The summed E-state index contributed by atoms with van der Waals surface area (Å²) in [6.45, 7) is 8.43. The first-order valence-corrected chi connectivity index (χ1v) is 6.94. The first kappa shape index (κ1) is 13.4. The molecule has 2 N–H and O–H groups in total. The van der Waals surface area contributed by atoms with Crippen molar-refractivity contribution in [1.82, 2.24) is 10.2 Å². The fourth-order valence-corrected chi connectivity index (χ4v) is 2.69. The lowest BCUT2D eigenvalue weighted by Gasteiger charge is -2.28. The number of hydrogen-bond donors (Lipinski definition) is 2. The molecule has 0 amide bonds. The van der Waals surface area contributed by atoms with E-state index in [1.54, 1.807) is 0 Å². The van der Waals surface area contributed by atoms with Gasteiger partial charge in [-0.15, -0.1) is 0 Å². The molecule has 1 aliphatic heterocycles. The maximum Gasteiger partial charge on any atom is 0.120 e. The second kappa shape index (κ2) is 6.21. The topological polar surface area (TPSA) is 35.5 Å². The summed E-state index contributed by atoms with van der Waals surface area (Å²) < 4.78 is 0. The van der Waals surface area contributed by atoms with E-state index in [1.807, 2.05) is 12.1 Å². The molecule has 3 nitrogen and oxygen atoms in total. The van der Waals surface area contributed by atoms with Gasteiger partial charge in [0.05, 0.1) is 0 Å². The highest BCUT2D eigenvalue weighted by Gasteiger charge is 2.22. The second-order valence-corrected chi connectivity index (χ2v) is 5.25. The number of rotatable bonds is 5. The molecule has 0 bridgehead atoms. The molecule has 1 fully saturated rings. The van der Waals surface area contributed by atoms with Crippen LogP contribution in [-0.2, 0) is 6.54 Å². The molecule has 1 aromatic carbocycles. The van der Waals surface area contributed by atoms with Crippen LogP contribution >= 0.6 is 0 Å². The normalized spacial score (nSPS) is 19.6. The Morgan fingerprint density at radius 1 is 1.44 bits per heavy atom. The van der Waals surface area contributed by atoms with Crippen LogP contribution in [0.25, 0.3) is 0 Å². The number of aryl methyl sites for hydroxylation is 1. The highest BCUT2D eigenvalue weighted by atomic mass is 16.3. The van der Waals surface area contributed by atoms with Crippen molar-refractivity contribution in [3.05, 3.63) is 29.3 Å². The van der Waals surface area contributed by atoms with Crippen LogP contribution in [0.15, 0.2) is 18.2 Å². The highest BCUT2D eigenvalue weighted by Crippen LogP contribution is 2.22. The molecule has 2 rings (SSSR count). The molecular formula is C15H24N2O. The molecule has 1 aliphatic rings. The third kappa shape index (κ3) is 3.24. The largest absolute Gasteiger partial charge is 0.508 e. The third-order valence-electron chi connectivity index (χ3n) is 3.67. The number of nitrogens with one attached hydrogen (secondary N) is 1. The van der Waals surface area contributed by atoms with E-state index in [0.29, 0.717) is 11.8 Å². The predicted molar refractivity (Wildman–Crippen MR) is 74.8 cm³/mol. The summed E-state index contributed by atoms with van der Waals surface area (Å²) >= 11 is 0. The third-order valence-corrected chi connectivity index (χ3v) is 3.67. The van der Waals surface area contributed by atoms with Crippen LogP contribution in [0.2, 0.25) is 0 Å². The average molecular weight is 248 g/mol. The van der Waals surface area contributed by atoms with E-state index in [0.717, 1.165) is 38.2 Å². The Morgan fingerprint density at radius 3 is 2.94 bits per heavy atom. The van der Waals surface area contributed by atoms with Crippen molar-refractivity contribution in [3.63, 3.8) is 0 Å². The predicted octanol–water partition coefficient (Wildman–Crippen LogP) is 2.27. The molecule has 1 saturated heterocycles. The molecule has 3 heteroatoms. The van der Waals surface area contributed by atoms with Crippen LogP contribution < -0.4 is 5.32 Å². The highest BCUT2D eigenvalue weighted by molar-refractivity contribution is 5.35. The molecular weight excluding hydrogens is 224 g/mol. The standard InChI is InChI=1S/C15H24N2O/c1-3-8-17(14-6-7-16-10-14)11-13-9-12(2)4-5-15(13)18/h4-5,9,14,16,18H,3,6-8,10-11H2,1-2H3. The Kier molecular flexibility index (Phi) is 4.61. The molecule has 0 spiro atoms. The summed E-state index contributed by atoms with van der Waals surface area (Å²) in [4.78, 5) is 2.49. The van der Waals surface area contributed by atoms with Crippen LogP contribution in [0, 0.1) is 6.92 Å². The van der Waals surface area contributed by atoms with Crippen LogP contribution in [0.4, 0.5) is 0 Å². The number of phenols is 1. The Morgan fingerprint density at radius 2 is 2.28 bits per heavy atom. The van der Waals surface area contributed by atoms with Crippen molar-refractivity contribution in [2.45, 2.75) is 39.3 Å². The van der Waals surface area contributed by atoms with Crippen molar-refractivity contribution in [3.8, 4) is 5.75 Å². The molecule has 1 heterocycles. The van der Waals surface area contributed by atoms with Crippen molar-refractivity contribution in [2.75, 3.05) is 19.6 Å². The summed E-state index contributed by atoms with van der Waals surface area (Å²) in [6, 6.07) is 6.48. The zero-order chi connectivity index (χ0) is 13.0. The Hall–Kier alpha value is -1.06. The quantitative estimate of drug-likeness (QED) is 0.839. The van der Waals surface area contributed by atoms with Crippen molar-refractivity contribution in [2.24, 2.45) is 0 Å². The lowest BCUT2D eigenvalue weighted by atomic mass is 10.1. The molecule has 1 atom stereocenters. The maximum atomic E-state index is 9.95. The van der Waals surface area contributed by atoms with Gasteiger partial charge in [0.15, 0.2) is 0 Å². The zero-order valence-electron chi connectivity index (χ0n) is 11.4. The van der Waals surface area contributed by atoms with Gasteiger partial charge in [-0.05, 0) is 38.9 Å². The first-order valence-electron chi connectivity index (χ1n) is 6.94. The number of nitrogens with zero attached hydrogens (tertiary/aromatic N) is 1. The van der Waals surface area contributed by atoms with Gasteiger partial charge in [0.2, 0.25) is 0 Å². The van der Waals surface area contributed by atoms with Crippen molar-refractivity contribution < 1.29 is 5.11 Å². The van der Waals surface area contributed by atoms with Gasteiger partial charge in [-0.1, -0.05) is 24.6 Å². The van der Waals surface area contributed by atoms with E-state index in [9.17, 15) is 5.11 Å². The van der Waals surface area contributed by atoms with Crippen LogP contribution in [0.3, 0.4) is 0 Å². The molecule has 0 saturated carbocycles. The summed E-state index contributed by atoms with van der Waals surface area (Å²) in [5, 5.41) is 13.4. The molecule has 18 heavy (non-hydrogen) atoms. The van der Waals surface area contributed by atoms with Crippen LogP contribution in [-0.4, -0.2) is 35.7 Å². The second-order valence-electron chi connectivity index (χ2n) is 5.25. The number of benzene rings is 1. The monoisotopic (exact) mass is 248 g/mol. The Balaban J connectivity index is 2.09. The number of phenolic OH excluding ortho intramolecular Hbond substituents is 1. The fourth-order valence-electron chi connectivity index (χ4n) is 2.69. The molecule has 1 unspecified atom stereocenters. The van der Waals surface area contributed by atoms with Gasteiger partial charge < -0.3 is 10.4 Å². The lowest BCUT2D eigenvalue weighted by Crippen LogP contribution is -2.36. The minimum absolute atomic E-state index is 0.424. The van der Waals surface area contributed by atoms with Gasteiger partial charge in [0.1, 0.15) is 5.75 Å². The first-order chi connectivity index (χ1) is 8.70. The van der Waals surface area contributed by atoms with E-state index in [2.05, 4.69) is 30.1 Å². The SMILES string of the molecule is CCCN(Cc1cc(C)ccc1O)C1CCNC1. The van der Waals surface area contributed by atoms with Gasteiger partial charge in [0, 0.05) is 24.7 Å². The summed E-state index contributed by atoms with van der Waals surface area (Å²) in [6.07, 6.45) is 2.37. The minimum Gasteiger partial charge on any atom is -0.508 e. The van der Waals surface area contributed by atoms with Gasteiger partial charge in [-0.3, -0.25) is 4.90 Å². The number of aromatic hydroxyl groups is 1. The summed E-state index contributed by atoms with van der Waals surface area (Å²) in [7, 11) is 0. The molecule has 100 valence electrons. The van der Waals surface area contributed by atoms with Gasteiger partial charge >= 0.3 is 0 Å². The summed E-state index contributed by atoms with van der Waals surface area (Å²) in [5.74, 6) is 0.424. The van der Waals surface area contributed by atoms with E-state index in [1.165, 1.54) is 12.0 Å². The Labute approximate surface area is 110 Å². The van der Waals surface area contributed by atoms with Crippen molar-refractivity contribution >= 4 is 0 Å². The van der Waals surface area contributed by atoms with E-state index >= 15 is 0 Å².